The number of likely N-dealkylation sites (N-methyl/N-ethyl adjacent to an activating group) is 1. The molecule has 1 heterocycles. The third kappa shape index (κ3) is 5.01. The van der Waals surface area contributed by atoms with Crippen molar-refractivity contribution in [2.75, 3.05) is 13.7 Å². The van der Waals surface area contributed by atoms with E-state index >= 15 is 0 Å². The average Bonchev–Trinajstić information content (AvgIpc) is 2.91. The molecule has 1 saturated heterocycles. The molecule has 0 aromatic heterocycles. The van der Waals surface area contributed by atoms with Gasteiger partial charge in [-0.15, -0.1) is 0 Å². The molecule has 1 fully saturated rings. The van der Waals surface area contributed by atoms with Crippen LogP contribution in [0.25, 0.3) is 6.08 Å². The zero-order valence-electron chi connectivity index (χ0n) is 15.5. The molecule has 2 amide bonds. The molecule has 2 aromatic rings. The average molecular weight is 473 g/mol. The second-order valence-corrected chi connectivity index (χ2v) is 8.26. The molecule has 1 aliphatic heterocycles. The van der Waals surface area contributed by atoms with E-state index in [-0.39, 0.29) is 17.8 Å². The number of thioether (sulfide) groups is 1. The van der Waals surface area contributed by atoms with Crippen molar-refractivity contribution in [3.63, 3.8) is 0 Å². The van der Waals surface area contributed by atoms with Crippen LogP contribution in [-0.2, 0) is 11.4 Å². The van der Waals surface area contributed by atoms with Crippen LogP contribution in [0.1, 0.15) is 18.1 Å². The molecule has 0 spiro atoms. The number of hydrogen-bond acceptors (Lipinski definition) is 5. The number of halogens is 3. The number of amides is 2. The maximum atomic E-state index is 12.1. The fraction of sp³-hybridized carbons (Fsp3) is 0.200. The Bertz CT molecular complexity index is 1010. The summed E-state index contributed by atoms with van der Waals surface area (Å²) in [4.78, 5) is 25.2. The summed E-state index contributed by atoms with van der Waals surface area (Å²) in [5.74, 6) is 0.455. The summed E-state index contributed by atoms with van der Waals surface area (Å²) in [5, 5.41) is 0.894. The lowest BCUT2D eigenvalue weighted by Gasteiger charge is -2.15. The van der Waals surface area contributed by atoms with Crippen LogP contribution >= 0.6 is 46.6 Å². The normalized spacial score (nSPS) is 15.3. The van der Waals surface area contributed by atoms with E-state index in [0.717, 1.165) is 22.2 Å². The highest BCUT2D eigenvalue weighted by molar-refractivity contribution is 8.18. The third-order valence-corrected chi connectivity index (χ3v) is 5.96. The summed E-state index contributed by atoms with van der Waals surface area (Å²) < 4.78 is 11.5. The number of ether oxygens (including phenoxy) is 2. The fourth-order valence-corrected chi connectivity index (χ4v) is 3.98. The Balaban J connectivity index is 1.87. The summed E-state index contributed by atoms with van der Waals surface area (Å²) in [5.41, 5.74) is 1.44. The number of carbonyl (C=O) groups is 2. The van der Waals surface area contributed by atoms with E-state index in [2.05, 4.69) is 0 Å². The molecule has 0 aliphatic carbocycles. The minimum absolute atomic E-state index is 0.213. The maximum absolute atomic E-state index is 12.1. The summed E-state index contributed by atoms with van der Waals surface area (Å²) in [7, 11) is 1.44. The van der Waals surface area contributed by atoms with Crippen LogP contribution in [0.2, 0.25) is 15.1 Å². The van der Waals surface area contributed by atoms with Gasteiger partial charge in [0.05, 0.1) is 26.6 Å². The van der Waals surface area contributed by atoms with E-state index in [1.54, 1.807) is 36.4 Å². The molecule has 2 aromatic carbocycles. The molecule has 0 N–H and O–H groups in total. The monoisotopic (exact) mass is 471 g/mol. The van der Waals surface area contributed by atoms with Crippen molar-refractivity contribution in [2.24, 2.45) is 0 Å². The van der Waals surface area contributed by atoms with Crippen LogP contribution < -0.4 is 9.47 Å². The Labute approximate surface area is 187 Å². The first kappa shape index (κ1) is 21.8. The highest BCUT2D eigenvalue weighted by atomic mass is 35.5. The van der Waals surface area contributed by atoms with Crippen LogP contribution in [0.4, 0.5) is 4.79 Å². The molecule has 29 heavy (non-hydrogen) atoms. The molecular formula is C20H16Cl3NO4S. The number of rotatable bonds is 6. The Morgan fingerprint density at radius 2 is 1.79 bits per heavy atom. The minimum Gasteiger partial charge on any atom is -0.490 e. The molecule has 5 nitrogen and oxygen atoms in total. The van der Waals surface area contributed by atoms with Crippen LogP contribution in [-0.4, -0.2) is 29.7 Å². The van der Waals surface area contributed by atoms with E-state index in [9.17, 15) is 9.59 Å². The summed E-state index contributed by atoms with van der Waals surface area (Å²) in [6.45, 7) is 2.45. The van der Waals surface area contributed by atoms with Gasteiger partial charge >= 0.3 is 0 Å². The minimum atomic E-state index is -0.353. The molecule has 1 aliphatic rings. The summed E-state index contributed by atoms with van der Waals surface area (Å²) in [6, 6.07) is 8.57. The quantitative estimate of drug-likeness (QED) is 0.462. The molecule has 0 unspecified atom stereocenters. The Kier molecular flexibility index (Phi) is 7.01. The van der Waals surface area contributed by atoms with Crippen LogP contribution in [0.3, 0.4) is 0 Å². The van der Waals surface area contributed by atoms with Crippen molar-refractivity contribution in [3.8, 4) is 11.5 Å². The molecule has 0 saturated carbocycles. The zero-order chi connectivity index (χ0) is 21.1. The van der Waals surface area contributed by atoms with Gasteiger partial charge in [-0.3, -0.25) is 14.5 Å². The van der Waals surface area contributed by atoms with Gasteiger partial charge in [-0.2, -0.15) is 0 Å². The van der Waals surface area contributed by atoms with Crippen molar-refractivity contribution in [1.29, 1.82) is 0 Å². The van der Waals surface area contributed by atoms with E-state index in [1.165, 1.54) is 7.05 Å². The van der Waals surface area contributed by atoms with Gasteiger partial charge in [0.25, 0.3) is 11.1 Å². The van der Waals surface area contributed by atoms with Crippen LogP contribution in [0.5, 0.6) is 11.5 Å². The first-order valence-corrected chi connectivity index (χ1v) is 10.5. The van der Waals surface area contributed by atoms with Crippen molar-refractivity contribution in [1.82, 2.24) is 4.90 Å². The molecule has 152 valence electrons. The first-order chi connectivity index (χ1) is 13.8. The Morgan fingerprint density at radius 3 is 2.41 bits per heavy atom. The van der Waals surface area contributed by atoms with E-state index in [0.29, 0.717) is 43.6 Å². The predicted octanol–water partition coefficient (Wildman–Crippen LogP) is 6.29. The maximum Gasteiger partial charge on any atom is 0.293 e. The van der Waals surface area contributed by atoms with E-state index in [1.807, 2.05) is 6.92 Å². The summed E-state index contributed by atoms with van der Waals surface area (Å²) >= 11 is 19.3. The summed E-state index contributed by atoms with van der Waals surface area (Å²) in [6.07, 6.45) is 1.60. The second-order valence-electron chi connectivity index (χ2n) is 6.04. The second kappa shape index (κ2) is 9.30. The fourth-order valence-electron chi connectivity index (χ4n) is 2.56. The molecule has 0 atom stereocenters. The molecule has 0 radical (unpaired) electrons. The molecule has 3 rings (SSSR count). The Hall–Kier alpha value is -1.86. The lowest BCUT2D eigenvalue weighted by atomic mass is 10.1. The Morgan fingerprint density at radius 1 is 1.03 bits per heavy atom. The SMILES string of the molecule is CCOc1cc(/C=C2\SC(=O)N(C)C2=O)cc(Cl)c1OCc1ccc(Cl)c(Cl)c1. The van der Waals surface area contributed by atoms with Gasteiger partial charge in [-0.25, -0.2) is 0 Å². The number of imide groups is 1. The van der Waals surface area contributed by atoms with Gasteiger partial charge in [0.1, 0.15) is 6.61 Å². The van der Waals surface area contributed by atoms with Gasteiger partial charge in [0.2, 0.25) is 0 Å². The lowest BCUT2D eigenvalue weighted by Crippen LogP contribution is -2.22. The van der Waals surface area contributed by atoms with E-state index < -0.39 is 0 Å². The third-order valence-electron chi connectivity index (χ3n) is 3.98. The van der Waals surface area contributed by atoms with Crippen molar-refractivity contribution < 1.29 is 19.1 Å². The van der Waals surface area contributed by atoms with Crippen molar-refractivity contribution in [3.05, 3.63) is 61.4 Å². The highest BCUT2D eigenvalue weighted by Crippen LogP contribution is 2.39. The van der Waals surface area contributed by atoms with Gasteiger partial charge in [0, 0.05) is 7.05 Å². The number of benzene rings is 2. The van der Waals surface area contributed by atoms with Gasteiger partial charge in [-0.05, 0) is 60.2 Å². The first-order valence-electron chi connectivity index (χ1n) is 8.54. The number of carbonyl (C=O) groups excluding carboxylic acids is 2. The molecule has 9 heteroatoms. The van der Waals surface area contributed by atoms with Gasteiger partial charge in [0.15, 0.2) is 11.5 Å². The molecule has 0 bridgehead atoms. The van der Waals surface area contributed by atoms with Crippen molar-refractivity contribution >= 4 is 63.8 Å². The number of hydrogen-bond donors (Lipinski definition) is 0. The number of nitrogens with zero attached hydrogens (tertiary/aromatic N) is 1. The topological polar surface area (TPSA) is 55.8 Å². The van der Waals surface area contributed by atoms with Crippen LogP contribution in [0, 0.1) is 0 Å². The van der Waals surface area contributed by atoms with Gasteiger partial charge in [-0.1, -0.05) is 40.9 Å². The largest absolute Gasteiger partial charge is 0.490 e. The smallest absolute Gasteiger partial charge is 0.293 e. The molecular weight excluding hydrogens is 457 g/mol. The highest BCUT2D eigenvalue weighted by Gasteiger charge is 2.31. The predicted molar refractivity (Wildman–Crippen MR) is 117 cm³/mol. The van der Waals surface area contributed by atoms with Gasteiger partial charge < -0.3 is 9.47 Å². The zero-order valence-corrected chi connectivity index (χ0v) is 18.6. The van der Waals surface area contributed by atoms with Crippen LogP contribution in [0.15, 0.2) is 35.2 Å². The standard InChI is InChI=1S/C20H16Cl3NO4S/c1-3-27-16-8-12(9-17-19(25)24(2)20(26)29-17)7-15(23)18(16)28-10-11-4-5-13(21)14(22)6-11/h4-9H,3,10H2,1-2H3/b17-9-. The van der Waals surface area contributed by atoms with E-state index in [4.69, 9.17) is 44.3 Å². The lowest BCUT2D eigenvalue weighted by molar-refractivity contribution is -0.121. The van der Waals surface area contributed by atoms with Crippen molar-refractivity contribution in [2.45, 2.75) is 13.5 Å².